The largest absolute Gasteiger partial charge is 0.455 e. The molecular formula is C51H31N3O. The van der Waals surface area contributed by atoms with Crippen molar-refractivity contribution in [3.8, 4) is 67.5 Å². The van der Waals surface area contributed by atoms with E-state index in [1.54, 1.807) is 0 Å². The van der Waals surface area contributed by atoms with Crippen LogP contribution in [0.1, 0.15) is 0 Å². The van der Waals surface area contributed by atoms with Crippen molar-refractivity contribution in [1.82, 2.24) is 15.0 Å². The highest BCUT2D eigenvalue weighted by Gasteiger charge is 2.20. The van der Waals surface area contributed by atoms with Crippen LogP contribution in [0.25, 0.3) is 111 Å². The maximum Gasteiger partial charge on any atom is 0.164 e. The van der Waals surface area contributed by atoms with Gasteiger partial charge in [-0.25, -0.2) is 15.0 Å². The maximum atomic E-state index is 6.64. The summed E-state index contributed by atoms with van der Waals surface area (Å²) in [5.74, 6) is 1.94. The number of benzene rings is 9. The van der Waals surface area contributed by atoms with Gasteiger partial charge in [-0.1, -0.05) is 164 Å². The molecule has 4 nitrogen and oxygen atoms in total. The molecule has 0 unspecified atom stereocenters. The van der Waals surface area contributed by atoms with Crippen LogP contribution in [0.15, 0.2) is 192 Å². The van der Waals surface area contributed by atoms with Crippen molar-refractivity contribution in [2.75, 3.05) is 0 Å². The molecule has 9 aromatic carbocycles. The van der Waals surface area contributed by atoms with Crippen molar-refractivity contribution >= 4 is 43.5 Å². The van der Waals surface area contributed by atoms with E-state index in [4.69, 9.17) is 19.4 Å². The lowest BCUT2D eigenvalue weighted by molar-refractivity contribution is 0.670. The monoisotopic (exact) mass is 701 g/mol. The van der Waals surface area contributed by atoms with Crippen molar-refractivity contribution in [3.63, 3.8) is 0 Å². The fraction of sp³-hybridized carbons (Fsp3) is 0. The summed E-state index contributed by atoms with van der Waals surface area (Å²) in [4.78, 5) is 14.8. The third-order valence-corrected chi connectivity index (χ3v) is 10.7. The number of hydrogen-bond acceptors (Lipinski definition) is 4. The first kappa shape index (κ1) is 31.1. The van der Waals surface area contributed by atoms with Gasteiger partial charge in [0, 0.05) is 33.0 Å². The molecule has 0 radical (unpaired) electrons. The number of nitrogens with zero attached hydrogens (tertiary/aromatic N) is 3. The Bertz CT molecular complexity index is 3130. The van der Waals surface area contributed by atoms with Crippen LogP contribution in [0.3, 0.4) is 0 Å². The van der Waals surface area contributed by atoms with Crippen LogP contribution >= 0.6 is 0 Å². The third kappa shape index (κ3) is 5.26. The van der Waals surface area contributed by atoms with E-state index in [0.717, 1.165) is 61.2 Å². The summed E-state index contributed by atoms with van der Waals surface area (Å²) in [6.07, 6.45) is 0. The fourth-order valence-corrected chi connectivity index (χ4v) is 8.05. The van der Waals surface area contributed by atoms with Crippen LogP contribution in [0.2, 0.25) is 0 Å². The summed E-state index contributed by atoms with van der Waals surface area (Å²) in [5.41, 5.74) is 11.4. The van der Waals surface area contributed by atoms with Gasteiger partial charge in [-0.3, -0.25) is 0 Å². The Hall–Kier alpha value is -7.43. The van der Waals surface area contributed by atoms with Crippen molar-refractivity contribution < 1.29 is 4.42 Å². The Morgan fingerprint density at radius 3 is 1.38 bits per heavy atom. The number of hydrogen-bond donors (Lipinski definition) is 0. The Labute approximate surface area is 317 Å². The predicted molar refractivity (Wildman–Crippen MR) is 226 cm³/mol. The summed E-state index contributed by atoms with van der Waals surface area (Å²) < 4.78 is 6.64. The van der Waals surface area contributed by atoms with Gasteiger partial charge in [-0.2, -0.15) is 0 Å². The summed E-state index contributed by atoms with van der Waals surface area (Å²) in [7, 11) is 0. The smallest absolute Gasteiger partial charge is 0.164 e. The number of rotatable bonds is 6. The molecule has 11 rings (SSSR count). The minimum absolute atomic E-state index is 0.638. The van der Waals surface area contributed by atoms with E-state index in [-0.39, 0.29) is 0 Å². The van der Waals surface area contributed by atoms with Crippen LogP contribution < -0.4 is 0 Å². The van der Waals surface area contributed by atoms with E-state index in [0.29, 0.717) is 17.5 Å². The van der Waals surface area contributed by atoms with Gasteiger partial charge in [-0.05, 0) is 73.6 Å². The third-order valence-electron chi connectivity index (χ3n) is 10.7. The van der Waals surface area contributed by atoms with Crippen LogP contribution in [0.5, 0.6) is 0 Å². The van der Waals surface area contributed by atoms with Crippen LogP contribution in [-0.4, -0.2) is 15.0 Å². The molecule has 4 heteroatoms. The number of fused-ring (bicyclic) bond motifs is 3. The summed E-state index contributed by atoms with van der Waals surface area (Å²) >= 11 is 0. The SMILES string of the molecule is c1ccc(-c2nc(-c3ccccc3)nc(-c3cccc(-c4cccc(-c5ccc(-c6ccc7c8ccccc8c8cccc9oc6c7c98)cc5)c4)c3)n2)cc1. The summed E-state index contributed by atoms with van der Waals surface area (Å²) in [6, 6.07) is 65.7. The summed E-state index contributed by atoms with van der Waals surface area (Å²) in [6.45, 7) is 0. The number of aromatic nitrogens is 3. The van der Waals surface area contributed by atoms with Crippen LogP contribution in [0, 0.1) is 0 Å². The molecule has 0 atom stereocenters. The lowest BCUT2D eigenvalue weighted by atomic mass is 9.91. The van der Waals surface area contributed by atoms with Gasteiger partial charge in [0.25, 0.3) is 0 Å². The lowest BCUT2D eigenvalue weighted by Gasteiger charge is -2.11. The Morgan fingerprint density at radius 2 is 0.745 bits per heavy atom. The molecule has 11 aromatic rings. The van der Waals surface area contributed by atoms with Crippen LogP contribution in [0.4, 0.5) is 0 Å². The molecule has 0 aliphatic carbocycles. The quantitative estimate of drug-likeness (QED) is 0.162. The maximum absolute atomic E-state index is 6.64. The molecule has 0 N–H and O–H groups in total. The van der Waals surface area contributed by atoms with Gasteiger partial charge in [0.1, 0.15) is 11.2 Å². The first-order valence-corrected chi connectivity index (χ1v) is 18.5. The molecule has 0 aliphatic rings. The predicted octanol–water partition coefficient (Wildman–Crippen LogP) is 13.5. The molecule has 0 amide bonds. The molecule has 0 aliphatic heterocycles. The zero-order chi connectivity index (χ0) is 36.3. The van der Waals surface area contributed by atoms with Gasteiger partial charge in [-0.15, -0.1) is 0 Å². The zero-order valence-corrected chi connectivity index (χ0v) is 29.6. The van der Waals surface area contributed by atoms with Gasteiger partial charge in [0.05, 0.1) is 0 Å². The number of furan rings is 1. The molecule has 2 aromatic heterocycles. The van der Waals surface area contributed by atoms with Gasteiger partial charge < -0.3 is 4.42 Å². The molecular weight excluding hydrogens is 671 g/mol. The van der Waals surface area contributed by atoms with E-state index in [1.807, 2.05) is 60.7 Å². The summed E-state index contributed by atoms with van der Waals surface area (Å²) in [5, 5.41) is 7.38. The molecule has 55 heavy (non-hydrogen) atoms. The molecule has 0 saturated heterocycles. The van der Waals surface area contributed by atoms with E-state index in [1.165, 1.54) is 32.3 Å². The van der Waals surface area contributed by atoms with E-state index >= 15 is 0 Å². The first-order chi connectivity index (χ1) is 27.2. The first-order valence-electron chi connectivity index (χ1n) is 18.5. The normalized spacial score (nSPS) is 11.6. The highest BCUT2D eigenvalue weighted by atomic mass is 16.3. The molecule has 0 fully saturated rings. The minimum Gasteiger partial charge on any atom is -0.455 e. The van der Waals surface area contributed by atoms with Crippen molar-refractivity contribution in [2.24, 2.45) is 0 Å². The molecule has 0 spiro atoms. The van der Waals surface area contributed by atoms with E-state index in [9.17, 15) is 0 Å². The highest BCUT2D eigenvalue weighted by Crippen LogP contribution is 2.45. The molecule has 0 bridgehead atoms. The second-order valence-electron chi connectivity index (χ2n) is 14.0. The van der Waals surface area contributed by atoms with Gasteiger partial charge >= 0.3 is 0 Å². The Kier molecular flexibility index (Phi) is 7.14. The minimum atomic E-state index is 0.638. The van der Waals surface area contributed by atoms with E-state index in [2.05, 4.69) is 127 Å². The van der Waals surface area contributed by atoms with Crippen molar-refractivity contribution in [3.05, 3.63) is 188 Å². The molecule has 0 saturated carbocycles. The topological polar surface area (TPSA) is 51.8 Å². The average molecular weight is 702 g/mol. The Balaban J connectivity index is 0.947. The standard InChI is InChI=1S/C51H31N3O/c1-3-12-34(13-4-1)49-52-50(35-14-5-2-6-15-35)54-51(53-49)39-19-10-18-38(31-39)37-17-9-16-36(30-37)32-24-26-33(27-25-32)40-28-29-44-42-21-8-7-20-41(42)43-22-11-23-45-46(43)47(44)48(40)55-45/h1-31H. The average Bonchev–Trinajstić information content (AvgIpc) is 3.67. The van der Waals surface area contributed by atoms with Gasteiger partial charge in [0.15, 0.2) is 17.5 Å². The zero-order valence-electron chi connectivity index (χ0n) is 29.6. The lowest BCUT2D eigenvalue weighted by Crippen LogP contribution is -2.00. The second-order valence-corrected chi connectivity index (χ2v) is 14.0. The highest BCUT2D eigenvalue weighted by molar-refractivity contribution is 6.34. The Morgan fingerprint density at radius 1 is 0.291 bits per heavy atom. The second kappa shape index (κ2) is 12.6. The van der Waals surface area contributed by atoms with Crippen molar-refractivity contribution in [1.29, 1.82) is 0 Å². The fourth-order valence-electron chi connectivity index (χ4n) is 8.05. The molecule has 2 heterocycles. The molecule has 256 valence electrons. The van der Waals surface area contributed by atoms with E-state index < -0.39 is 0 Å². The van der Waals surface area contributed by atoms with Crippen LogP contribution in [-0.2, 0) is 0 Å². The van der Waals surface area contributed by atoms with Gasteiger partial charge in [0.2, 0.25) is 0 Å². The van der Waals surface area contributed by atoms with Crippen molar-refractivity contribution in [2.45, 2.75) is 0 Å².